The van der Waals surface area contributed by atoms with E-state index in [4.69, 9.17) is 4.74 Å². The van der Waals surface area contributed by atoms with Crippen LogP contribution in [0, 0.1) is 11.7 Å². The van der Waals surface area contributed by atoms with Crippen LogP contribution in [-0.2, 0) is 4.79 Å². The lowest BCUT2D eigenvalue weighted by Crippen LogP contribution is -2.33. The van der Waals surface area contributed by atoms with E-state index < -0.39 is 0 Å². The van der Waals surface area contributed by atoms with Gasteiger partial charge < -0.3 is 15.4 Å². The zero-order valence-electron chi connectivity index (χ0n) is 14.9. The summed E-state index contributed by atoms with van der Waals surface area (Å²) in [6.45, 7) is 6.83. The first kappa shape index (κ1) is 18.9. The van der Waals surface area contributed by atoms with Crippen LogP contribution < -0.4 is 15.4 Å². The average molecular weight is 344 g/mol. The van der Waals surface area contributed by atoms with Crippen molar-refractivity contribution >= 4 is 11.6 Å². The van der Waals surface area contributed by atoms with Gasteiger partial charge in [-0.15, -0.1) is 0 Å². The van der Waals surface area contributed by atoms with Crippen molar-refractivity contribution < 1.29 is 13.9 Å². The Hall–Kier alpha value is -2.40. The van der Waals surface area contributed by atoms with Gasteiger partial charge in [-0.2, -0.15) is 0 Å². The van der Waals surface area contributed by atoms with E-state index >= 15 is 0 Å². The van der Waals surface area contributed by atoms with Crippen LogP contribution in [0.1, 0.15) is 32.4 Å². The van der Waals surface area contributed by atoms with Crippen LogP contribution in [0.2, 0.25) is 0 Å². The molecule has 2 aromatic rings. The third-order valence-corrected chi connectivity index (χ3v) is 3.83. The summed E-state index contributed by atoms with van der Waals surface area (Å²) in [4.78, 5) is 12.2. The van der Waals surface area contributed by atoms with Gasteiger partial charge in [0.1, 0.15) is 11.6 Å². The SMILES string of the molecule is CCOc1ccc(NC(=O)CNC(c2ccc(F)cc2)C(C)C)cc1. The van der Waals surface area contributed by atoms with Crippen LogP contribution in [-0.4, -0.2) is 19.1 Å². The molecule has 0 aliphatic heterocycles. The highest BCUT2D eigenvalue weighted by Crippen LogP contribution is 2.22. The van der Waals surface area contributed by atoms with E-state index in [9.17, 15) is 9.18 Å². The van der Waals surface area contributed by atoms with E-state index in [1.807, 2.05) is 31.2 Å². The molecule has 0 spiro atoms. The number of halogens is 1. The fourth-order valence-corrected chi connectivity index (χ4v) is 2.62. The fraction of sp³-hybridized carbons (Fsp3) is 0.350. The first-order valence-electron chi connectivity index (χ1n) is 8.51. The van der Waals surface area contributed by atoms with E-state index in [0.29, 0.717) is 6.61 Å². The van der Waals surface area contributed by atoms with Crippen molar-refractivity contribution in [2.24, 2.45) is 5.92 Å². The molecule has 134 valence electrons. The highest BCUT2D eigenvalue weighted by Gasteiger charge is 2.16. The van der Waals surface area contributed by atoms with E-state index in [0.717, 1.165) is 17.0 Å². The number of anilines is 1. The predicted octanol–water partition coefficient (Wildman–Crippen LogP) is 4.15. The first-order valence-corrected chi connectivity index (χ1v) is 8.51. The van der Waals surface area contributed by atoms with Crippen LogP contribution >= 0.6 is 0 Å². The molecule has 0 aromatic heterocycles. The van der Waals surface area contributed by atoms with E-state index in [-0.39, 0.29) is 30.2 Å². The van der Waals surface area contributed by atoms with Crippen molar-refractivity contribution in [3.8, 4) is 5.75 Å². The van der Waals surface area contributed by atoms with Crippen LogP contribution in [0.15, 0.2) is 48.5 Å². The number of ether oxygens (including phenoxy) is 1. The summed E-state index contributed by atoms with van der Waals surface area (Å²) < 4.78 is 18.5. The number of carbonyl (C=O) groups excluding carboxylic acids is 1. The summed E-state index contributed by atoms with van der Waals surface area (Å²) >= 11 is 0. The molecule has 1 amide bonds. The minimum atomic E-state index is -0.264. The second-order valence-corrected chi connectivity index (χ2v) is 6.16. The molecule has 0 radical (unpaired) electrons. The van der Waals surface area contributed by atoms with Crippen LogP contribution in [0.3, 0.4) is 0 Å². The largest absolute Gasteiger partial charge is 0.494 e. The van der Waals surface area contributed by atoms with Crippen LogP contribution in [0.5, 0.6) is 5.75 Å². The molecule has 0 aliphatic carbocycles. The minimum Gasteiger partial charge on any atom is -0.494 e. The summed E-state index contributed by atoms with van der Waals surface area (Å²) in [5.41, 5.74) is 1.68. The maximum Gasteiger partial charge on any atom is 0.238 e. The van der Waals surface area contributed by atoms with Gasteiger partial charge in [-0.25, -0.2) is 4.39 Å². The van der Waals surface area contributed by atoms with Crippen molar-refractivity contribution in [1.29, 1.82) is 0 Å². The van der Waals surface area contributed by atoms with Gasteiger partial charge in [-0.3, -0.25) is 4.79 Å². The van der Waals surface area contributed by atoms with Gasteiger partial charge in [0.15, 0.2) is 0 Å². The number of hydrogen-bond acceptors (Lipinski definition) is 3. The van der Waals surface area contributed by atoms with Crippen molar-refractivity contribution in [1.82, 2.24) is 5.32 Å². The molecular formula is C20H25FN2O2. The monoisotopic (exact) mass is 344 g/mol. The van der Waals surface area contributed by atoms with Gasteiger partial charge in [0, 0.05) is 11.7 Å². The molecule has 4 nitrogen and oxygen atoms in total. The molecule has 2 rings (SSSR count). The number of carbonyl (C=O) groups is 1. The molecule has 2 aromatic carbocycles. The van der Waals surface area contributed by atoms with E-state index in [1.54, 1.807) is 12.1 Å². The van der Waals surface area contributed by atoms with Gasteiger partial charge in [0.2, 0.25) is 5.91 Å². The zero-order chi connectivity index (χ0) is 18.2. The van der Waals surface area contributed by atoms with Crippen molar-refractivity contribution in [2.45, 2.75) is 26.8 Å². The topological polar surface area (TPSA) is 50.4 Å². The van der Waals surface area contributed by atoms with Crippen LogP contribution in [0.4, 0.5) is 10.1 Å². The van der Waals surface area contributed by atoms with Crippen molar-refractivity contribution in [2.75, 3.05) is 18.5 Å². The fourth-order valence-electron chi connectivity index (χ4n) is 2.62. The van der Waals surface area contributed by atoms with Gasteiger partial charge >= 0.3 is 0 Å². The highest BCUT2D eigenvalue weighted by molar-refractivity contribution is 5.92. The number of amides is 1. The van der Waals surface area contributed by atoms with E-state index in [1.165, 1.54) is 12.1 Å². The molecule has 0 saturated carbocycles. The zero-order valence-corrected chi connectivity index (χ0v) is 14.9. The van der Waals surface area contributed by atoms with Crippen LogP contribution in [0.25, 0.3) is 0 Å². The molecular weight excluding hydrogens is 319 g/mol. The smallest absolute Gasteiger partial charge is 0.238 e. The molecule has 0 saturated heterocycles. The standard InChI is InChI=1S/C20H25FN2O2/c1-4-25-18-11-9-17(10-12-18)23-19(24)13-22-20(14(2)3)15-5-7-16(21)8-6-15/h5-12,14,20,22H,4,13H2,1-3H3,(H,23,24). The summed E-state index contributed by atoms with van der Waals surface area (Å²) in [7, 11) is 0. The van der Waals surface area contributed by atoms with Gasteiger partial charge in [-0.1, -0.05) is 26.0 Å². The Morgan fingerprint density at radius 2 is 1.72 bits per heavy atom. The summed E-state index contributed by atoms with van der Waals surface area (Å²) in [5.74, 6) is 0.648. The maximum atomic E-state index is 13.1. The summed E-state index contributed by atoms with van der Waals surface area (Å²) in [6.07, 6.45) is 0. The molecule has 5 heteroatoms. The Bertz CT molecular complexity index is 669. The van der Waals surface area contributed by atoms with Gasteiger partial charge in [0.25, 0.3) is 0 Å². The summed E-state index contributed by atoms with van der Waals surface area (Å²) in [5, 5.41) is 6.10. The van der Waals surface area contributed by atoms with Gasteiger partial charge in [-0.05, 0) is 54.8 Å². The molecule has 0 heterocycles. The number of hydrogen-bond donors (Lipinski definition) is 2. The Kier molecular flexibility index (Phi) is 6.95. The molecule has 25 heavy (non-hydrogen) atoms. The molecule has 1 unspecified atom stereocenters. The summed E-state index contributed by atoms with van der Waals surface area (Å²) in [6, 6.07) is 13.6. The lowest BCUT2D eigenvalue weighted by Gasteiger charge is -2.22. The van der Waals surface area contributed by atoms with Crippen molar-refractivity contribution in [3.63, 3.8) is 0 Å². The minimum absolute atomic E-state index is 0.0216. The normalized spacial score (nSPS) is 12.0. The quantitative estimate of drug-likeness (QED) is 0.756. The molecule has 0 bridgehead atoms. The lowest BCUT2D eigenvalue weighted by atomic mass is 9.96. The number of rotatable bonds is 8. The predicted molar refractivity (Wildman–Crippen MR) is 98.2 cm³/mol. The second kappa shape index (κ2) is 9.18. The number of nitrogens with one attached hydrogen (secondary N) is 2. The Morgan fingerprint density at radius 3 is 2.28 bits per heavy atom. The second-order valence-electron chi connectivity index (χ2n) is 6.16. The molecule has 0 fully saturated rings. The third kappa shape index (κ3) is 5.87. The third-order valence-electron chi connectivity index (χ3n) is 3.83. The number of benzene rings is 2. The highest BCUT2D eigenvalue weighted by atomic mass is 19.1. The van der Waals surface area contributed by atoms with E-state index in [2.05, 4.69) is 24.5 Å². The average Bonchev–Trinajstić information content (AvgIpc) is 2.58. The molecule has 2 N–H and O–H groups in total. The molecule has 1 atom stereocenters. The molecule has 0 aliphatic rings. The lowest BCUT2D eigenvalue weighted by molar-refractivity contribution is -0.115. The Labute approximate surface area is 148 Å². The van der Waals surface area contributed by atoms with Gasteiger partial charge in [0.05, 0.1) is 13.2 Å². The Balaban J connectivity index is 1.91. The first-order chi connectivity index (χ1) is 12.0. The van der Waals surface area contributed by atoms with Crippen molar-refractivity contribution in [3.05, 3.63) is 59.9 Å². The Morgan fingerprint density at radius 1 is 1.08 bits per heavy atom. The maximum absolute atomic E-state index is 13.1.